The number of Topliss-reactive ketones (excluding diaryl/α,β-unsaturated/α-hetero) is 1. The quantitative estimate of drug-likeness (QED) is 0.0767. The Kier molecular flexibility index (Phi) is 11.6. The third-order valence-corrected chi connectivity index (χ3v) is 13.0. The summed E-state index contributed by atoms with van der Waals surface area (Å²) in [5.74, 6) is -2.65. The molecule has 1 aliphatic rings. The molecule has 0 saturated heterocycles. The molecule has 8 bridgehead atoms. The predicted octanol–water partition coefficient (Wildman–Crippen LogP) is 4.10. The Morgan fingerprint density at radius 2 is 1.27 bits per heavy atom. The van der Waals surface area contributed by atoms with E-state index in [4.69, 9.17) is 5.73 Å². The Bertz CT molecular complexity index is 3500. The van der Waals surface area contributed by atoms with E-state index in [1.54, 1.807) is 0 Å². The molecule has 2 aromatic carbocycles. The van der Waals surface area contributed by atoms with E-state index in [-0.39, 0.29) is 44.3 Å². The van der Waals surface area contributed by atoms with Crippen LogP contribution in [0.3, 0.4) is 0 Å². The standard InChI is InChI=1S/C52H52N8O6/c1-26-18-45-49(51(65)46(20-31-25-55-39-12-8-6-10-36(31)39)60-52(66)37(53)19-30-24-54-38-11-7-5-9-35(30)38)50-27(2)17-32(56-50)21-41-28(3)33(13-15-47(61)62)43(58-41)23-44-34(14-16-48(63)64)29(4)42(59-44)22-40(26)57-45/h5-12,17-18,21-25,37,46,54-59H,13-16,19-20,53H2,1-4H3,(H,60,66)(H,61,62)(H,63,64)/t37-,46-/m0/s1. The summed E-state index contributed by atoms with van der Waals surface area (Å²) in [5.41, 5.74) is 18.3. The van der Waals surface area contributed by atoms with Crippen LogP contribution >= 0.6 is 0 Å². The minimum Gasteiger partial charge on any atom is -0.481 e. The molecule has 14 nitrogen and oxygen atoms in total. The SMILES string of the molecule is Cc1cc2[nH]c1C=c1[nH]c(c(CCC(=O)O)c1C)=Cc1[nH]c(c(C)c1CCC(=O)O)C=c1cc(C)c([nH]1)=C2C(=O)[C@H](Cc1c[nH]c2ccccc12)NC(=O)[C@@H](N)Cc1c[nH]c2ccccc12. The first-order chi connectivity index (χ1) is 31.7. The van der Waals surface area contributed by atoms with Gasteiger partial charge < -0.3 is 51.2 Å². The van der Waals surface area contributed by atoms with Gasteiger partial charge in [0.2, 0.25) is 5.91 Å². The monoisotopic (exact) mass is 884 g/mol. The molecular weight excluding hydrogens is 833 g/mol. The number of nitrogens with two attached hydrogens (primary N) is 1. The summed E-state index contributed by atoms with van der Waals surface area (Å²) in [4.78, 5) is 74.4. The molecule has 336 valence electrons. The number of H-pyrrole nitrogens is 6. The summed E-state index contributed by atoms with van der Waals surface area (Å²) in [6.45, 7) is 7.77. The maximum atomic E-state index is 15.7. The van der Waals surface area contributed by atoms with Crippen molar-refractivity contribution < 1.29 is 29.4 Å². The van der Waals surface area contributed by atoms with Crippen LogP contribution in [0.25, 0.3) is 45.6 Å². The van der Waals surface area contributed by atoms with Crippen molar-refractivity contribution in [2.24, 2.45) is 5.73 Å². The lowest BCUT2D eigenvalue weighted by molar-refractivity contribution is -0.138. The van der Waals surface area contributed by atoms with Gasteiger partial charge in [0.05, 0.1) is 28.7 Å². The van der Waals surface area contributed by atoms with Crippen LogP contribution in [-0.4, -0.2) is 75.8 Å². The van der Waals surface area contributed by atoms with E-state index in [2.05, 4.69) is 35.2 Å². The number of carbonyl (C=O) groups excluding carboxylic acids is 2. The molecule has 0 saturated carbocycles. The van der Waals surface area contributed by atoms with E-state index < -0.39 is 29.9 Å². The van der Waals surface area contributed by atoms with Crippen molar-refractivity contribution in [3.05, 3.63) is 162 Å². The highest BCUT2D eigenvalue weighted by Crippen LogP contribution is 2.26. The lowest BCUT2D eigenvalue weighted by Gasteiger charge is -2.21. The van der Waals surface area contributed by atoms with E-state index in [1.165, 1.54) is 0 Å². The van der Waals surface area contributed by atoms with Crippen molar-refractivity contribution >= 4 is 69.2 Å². The number of aromatic amines is 6. The third-order valence-electron chi connectivity index (χ3n) is 13.0. The average Bonchev–Trinajstić information content (AvgIpc) is 4.14. The first-order valence-electron chi connectivity index (χ1n) is 22.1. The summed E-state index contributed by atoms with van der Waals surface area (Å²) in [5, 5.41) is 27.1. The van der Waals surface area contributed by atoms with E-state index in [0.29, 0.717) is 33.0 Å². The van der Waals surface area contributed by atoms with Crippen molar-refractivity contribution in [3.63, 3.8) is 0 Å². The molecule has 11 N–H and O–H groups in total. The zero-order valence-electron chi connectivity index (χ0n) is 37.2. The number of hydrogen-bond donors (Lipinski definition) is 10. The van der Waals surface area contributed by atoms with Gasteiger partial charge in [-0.2, -0.15) is 0 Å². The zero-order chi connectivity index (χ0) is 46.4. The van der Waals surface area contributed by atoms with Gasteiger partial charge in [-0.15, -0.1) is 0 Å². The maximum Gasteiger partial charge on any atom is 0.303 e. The molecule has 7 heterocycles. The second kappa shape index (κ2) is 17.6. The molecule has 9 rings (SSSR count). The normalized spacial score (nSPS) is 13.3. The Hall–Kier alpha value is -7.84. The van der Waals surface area contributed by atoms with Gasteiger partial charge in [0.15, 0.2) is 5.78 Å². The van der Waals surface area contributed by atoms with Gasteiger partial charge in [0.1, 0.15) is 0 Å². The molecule has 1 amide bonds. The summed E-state index contributed by atoms with van der Waals surface area (Å²) in [6, 6.07) is 17.5. The Morgan fingerprint density at radius 3 is 1.94 bits per heavy atom. The largest absolute Gasteiger partial charge is 0.481 e. The van der Waals surface area contributed by atoms with Crippen LogP contribution in [0.4, 0.5) is 0 Å². The molecule has 0 unspecified atom stereocenters. The number of amides is 1. The Morgan fingerprint density at radius 1 is 0.652 bits per heavy atom. The number of hydrogen-bond acceptors (Lipinski definition) is 5. The van der Waals surface area contributed by atoms with Gasteiger partial charge in [-0.05, 0) is 134 Å². The topological polar surface area (TPSA) is 242 Å². The lowest BCUT2D eigenvalue weighted by atomic mass is 9.94. The number of aromatic nitrogens is 6. The smallest absolute Gasteiger partial charge is 0.303 e. The van der Waals surface area contributed by atoms with E-state index in [1.807, 2.05) is 119 Å². The van der Waals surface area contributed by atoms with Gasteiger partial charge in [-0.25, -0.2) is 0 Å². The maximum absolute atomic E-state index is 15.7. The van der Waals surface area contributed by atoms with E-state index in [0.717, 1.165) is 83.1 Å². The number of carbonyl (C=O) groups is 4. The number of ketones is 1. The van der Waals surface area contributed by atoms with Crippen molar-refractivity contribution in [2.75, 3.05) is 0 Å². The van der Waals surface area contributed by atoms with E-state index in [9.17, 15) is 24.6 Å². The number of fused-ring (bicyclic) bond motifs is 10. The van der Waals surface area contributed by atoms with Gasteiger partial charge in [-0.1, -0.05) is 36.4 Å². The number of benzene rings is 2. The Labute approximate surface area is 378 Å². The van der Waals surface area contributed by atoms with Crippen LogP contribution in [0.15, 0.2) is 73.1 Å². The lowest BCUT2D eigenvalue weighted by Crippen LogP contribution is -2.50. The van der Waals surface area contributed by atoms with Gasteiger partial charge in [0, 0.05) is 86.6 Å². The third kappa shape index (κ3) is 8.46. The van der Waals surface area contributed by atoms with Gasteiger partial charge in [-0.3, -0.25) is 19.2 Å². The Balaban J connectivity index is 1.22. The molecule has 14 heteroatoms. The van der Waals surface area contributed by atoms with Crippen molar-refractivity contribution in [1.82, 2.24) is 35.2 Å². The zero-order valence-corrected chi connectivity index (χ0v) is 37.2. The molecule has 6 aromatic heterocycles. The highest BCUT2D eigenvalue weighted by Gasteiger charge is 2.31. The average molecular weight is 885 g/mol. The number of carboxylic acid groups (broad SMARTS) is 2. The summed E-state index contributed by atoms with van der Waals surface area (Å²) in [7, 11) is 0. The molecule has 2 atom stereocenters. The van der Waals surface area contributed by atoms with Crippen molar-refractivity contribution in [1.29, 1.82) is 0 Å². The first kappa shape index (κ1) is 43.4. The number of aryl methyl sites for hydroxylation is 2. The number of aliphatic carboxylic acids is 2. The number of nitrogens with one attached hydrogen (secondary N) is 7. The molecule has 0 fully saturated rings. The molecular formula is C52H52N8O6. The van der Waals surface area contributed by atoms with Crippen molar-refractivity contribution in [2.45, 2.75) is 78.3 Å². The van der Waals surface area contributed by atoms with Crippen LogP contribution in [0.5, 0.6) is 0 Å². The van der Waals surface area contributed by atoms with Crippen LogP contribution in [0.1, 0.15) is 80.1 Å². The predicted molar refractivity (Wildman–Crippen MR) is 255 cm³/mol. The van der Waals surface area contributed by atoms with Crippen LogP contribution in [0.2, 0.25) is 0 Å². The fraction of sp³-hybridized carbons (Fsp3) is 0.231. The molecule has 0 spiro atoms. The van der Waals surface area contributed by atoms with Crippen LogP contribution < -0.4 is 32.4 Å². The molecule has 1 aliphatic heterocycles. The molecule has 0 aliphatic carbocycles. The highest BCUT2D eigenvalue weighted by molar-refractivity contribution is 6.23. The summed E-state index contributed by atoms with van der Waals surface area (Å²) < 4.78 is 0. The van der Waals surface area contributed by atoms with E-state index >= 15 is 4.79 Å². The molecule has 66 heavy (non-hydrogen) atoms. The number of rotatable bonds is 14. The minimum atomic E-state index is -1.05. The molecule has 8 aromatic rings. The molecule has 0 radical (unpaired) electrons. The van der Waals surface area contributed by atoms with Gasteiger partial charge in [0.25, 0.3) is 0 Å². The summed E-state index contributed by atoms with van der Waals surface area (Å²) in [6.07, 6.45) is 10.3. The summed E-state index contributed by atoms with van der Waals surface area (Å²) >= 11 is 0. The minimum absolute atomic E-state index is 0.0851. The van der Waals surface area contributed by atoms with Gasteiger partial charge >= 0.3 is 11.9 Å². The second-order valence-electron chi connectivity index (χ2n) is 17.4. The number of carboxylic acids is 2. The van der Waals surface area contributed by atoms with Crippen molar-refractivity contribution in [3.8, 4) is 0 Å². The fourth-order valence-corrected chi connectivity index (χ4v) is 9.43. The highest BCUT2D eigenvalue weighted by atomic mass is 16.4. The first-order valence-corrected chi connectivity index (χ1v) is 22.1. The second-order valence-corrected chi connectivity index (χ2v) is 17.4. The van der Waals surface area contributed by atoms with Crippen LogP contribution in [0, 0.1) is 27.7 Å². The number of para-hydroxylation sites is 2. The van der Waals surface area contributed by atoms with Crippen LogP contribution in [-0.2, 0) is 44.9 Å². The fourth-order valence-electron chi connectivity index (χ4n) is 9.43.